The van der Waals surface area contributed by atoms with E-state index in [0.717, 1.165) is 22.7 Å². The zero-order chi connectivity index (χ0) is 11.7. The lowest BCUT2D eigenvalue weighted by Gasteiger charge is -2.17. The van der Waals surface area contributed by atoms with Crippen LogP contribution >= 0.6 is 0 Å². The van der Waals surface area contributed by atoms with Crippen molar-refractivity contribution in [1.29, 1.82) is 0 Å². The van der Waals surface area contributed by atoms with Crippen LogP contribution in [0.3, 0.4) is 0 Å². The molecule has 0 aliphatic carbocycles. The van der Waals surface area contributed by atoms with Crippen LogP contribution in [-0.4, -0.2) is 5.90 Å². The summed E-state index contributed by atoms with van der Waals surface area (Å²) in [5.74, 6) is 0.724. The smallest absolute Gasteiger partial charge is 0.221 e. The number of hydrogen-bond donors (Lipinski definition) is 0. The van der Waals surface area contributed by atoms with Gasteiger partial charge >= 0.3 is 0 Å². The fourth-order valence-electron chi connectivity index (χ4n) is 1.98. The van der Waals surface area contributed by atoms with Crippen LogP contribution in [0.2, 0.25) is 0 Å². The Morgan fingerprint density at radius 3 is 2.65 bits per heavy atom. The van der Waals surface area contributed by atoms with Gasteiger partial charge in [-0.3, -0.25) is 0 Å². The minimum absolute atomic E-state index is 0.601. The monoisotopic (exact) mass is 223 g/mol. The molecule has 2 aromatic rings. The molecule has 0 aromatic heterocycles. The highest BCUT2D eigenvalue weighted by Gasteiger charge is 2.15. The minimum Gasteiger partial charge on any atom is -0.472 e. The summed E-state index contributed by atoms with van der Waals surface area (Å²) in [5.41, 5.74) is 4.41. The van der Waals surface area contributed by atoms with E-state index in [1.54, 1.807) is 0 Å². The fraction of sp³-hybridized carbons (Fsp3) is 0.133. The molecule has 84 valence electrons. The summed E-state index contributed by atoms with van der Waals surface area (Å²) in [7, 11) is 0. The van der Waals surface area contributed by atoms with Crippen molar-refractivity contribution >= 4 is 11.6 Å². The number of aliphatic imine (C=N–C) groups is 1. The predicted octanol–water partition coefficient (Wildman–Crippen LogP) is 3.60. The molecular formula is C15H13NO. The second-order valence-electron chi connectivity index (χ2n) is 4.15. The van der Waals surface area contributed by atoms with Gasteiger partial charge in [0.2, 0.25) is 5.90 Å². The van der Waals surface area contributed by atoms with Gasteiger partial charge in [0.25, 0.3) is 0 Å². The normalized spacial score (nSPS) is 13.6. The summed E-state index contributed by atoms with van der Waals surface area (Å²) in [4.78, 5) is 4.57. The minimum atomic E-state index is 0.601. The fourth-order valence-corrected chi connectivity index (χ4v) is 1.98. The van der Waals surface area contributed by atoms with Crippen molar-refractivity contribution in [3.63, 3.8) is 0 Å². The molecular weight excluding hydrogens is 210 g/mol. The van der Waals surface area contributed by atoms with Crippen molar-refractivity contribution in [2.24, 2.45) is 4.99 Å². The lowest BCUT2D eigenvalue weighted by molar-refractivity contribution is 0.288. The molecule has 17 heavy (non-hydrogen) atoms. The quantitative estimate of drug-likeness (QED) is 0.723. The topological polar surface area (TPSA) is 21.6 Å². The maximum atomic E-state index is 5.72. The molecule has 0 unspecified atom stereocenters. The molecule has 0 N–H and O–H groups in total. The lowest BCUT2D eigenvalue weighted by Crippen LogP contribution is -2.12. The van der Waals surface area contributed by atoms with E-state index in [0.29, 0.717) is 6.61 Å². The molecule has 3 rings (SSSR count). The molecule has 2 aromatic carbocycles. The van der Waals surface area contributed by atoms with Gasteiger partial charge in [0, 0.05) is 11.1 Å². The van der Waals surface area contributed by atoms with Crippen LogP contribution in [-0.2, 0) is 11.3 Å². The van der Waals surface area contributed by atoms with E-state index >= 15 is 0 Å². The van der Waals surface area contributed by atoms with Crippen molar-refractivity contribution in [2.75, 3.05) is 0 Å². The third-order valence-electron chi connectivity index (χ3n) is 2.95. The van der Waals surface area contributed by atoms with E-state index in [1.165, 1.54) is 5.56 Å². The first-order valence-electron chi connectivity index (χ1n) is 5.70. The molecule has 2 heteroatoms. The van der Waals surface area contributed by atoms with Gasteiger partial charge in [0.05, 0.1) is 5.69 Å². The Morgan fingerprint density at radius 2 is 1.76 bits per heavy atom. The third-order valence-corrected chi connectivity index (χ3v) is 2.95. The molecule has 0 fully saturated rings. The molecule has 1 heterocycles. The number of fused-ring (bicyclic) bond motifs is 1. The Morgan fingerprint density at radius 1 is 1.00 bits per heavy atom. The number of rotatable bonds is 1. The molecule has 1 aliphatic heterocycles. The van der Waals surface area contributed by atoms with E-state index in [9.17, 15) is 0 Å². The summed E-state index contributed by atoms with van der Waals surface area (Å²) in [6.45, 7) is 2.67. The highest BCUT2D eigenvalue weighted by atomic mass is 16.5. The van der Waals surface area contributed by atoms with E-state index < -0.39 is 0 Å². The zero-order valence-electron chi connectivity index (χ0n) is 9.68. The number of nitrogens with zero attached hydrogens (tertiary/aromatic N) is 1. The van der Waals surface area contributed by atoms with Gasteiger partial charge in [-0.1, -0.05) is 36.4 Å². The van der Waals surface area contributed by atoms with Crippen molar-refractivity contribution in [2.45, 2.75) is 13.5 Å². The molecule has 2 nitrogen and oxygen atoms in total. The van der Waals surface area contributed by atoms with Crippen LogP contribution in [0.15, 0.2) is 53.5 Å². The highest BCUT2D eigenvalue weighted by Crippen LogP contribution is 2.26. The van der Waals surface area contributed by atoms with Gasteiger partial charge in [0.15, 0.2) is 0 Å². The molecule has 0 radical (unpaired) electrons. The van der Waals surface area contributed by atoms with Gasteiger partial charge in [-0.2, -0.15) is 0 Å². The number of ether oxygens (including phenoxy) is 1. The van der Waals surface area contributed by atoms with Gasteiger partial charge in [-0.25, -0.2) is 4.99 Å². The second-order valence-corrected chi connectivity index (χ2v) is 4.15. The Kier molecular flexibility index (Phi) is 2.41. The van der Waals surface area contributed by atoms with Crippen LogP contribution in [0, 0.1) is 6.92 Å². The number of hydrogen-bond acceptors (Lipinski definition) is 2. The third kappa shape index (κ3) is 1.82. The first-order valence-corrected chi connectivity index (χ1v) is 5.70. The second kappa shape index (κ2) is 4.06. The summed E-state index contributed by atoms with van der Waals surface area (Å²) >= 11 is 0. The van der Waals surface area contributed by atoms with Crippen LogP contribution < -0.4 is 0 Å². The summed E-state index contributed by atoms with van der Waals surface area (Å²) in [6.07, 6.45) is 0. The molecule has 0 bridgehead atoms. The van der Waals surface area contributed by atoms with Crippen molar-refractivity contribution < 1.29 is 4.74 Å². The van der Waals surface area contributed by atoms with E-state index in [4.69, 9.17) is 4.74 Å². The van der Waals surface area contributed by atoms with Crippen LogP contribution in [0.4, 0.5) is 5.69 Å². The van der Waals surface area contributed by atoms with E-state index in [-0.39, 0.29) is 0 Å². The lowest BCUT2D eigenvalue weighted by atomic mass is 10.1. The van der Waals surface area contributed by atoms with Gasteiger partial charge in [-0.05, 0) is 24.6 Å². The Labute approximate surface area is 101 Å². The van der Waals surface area contributed by atoms with E-state index in [2.05, 4.69) is 18.0 Å². The van der Waals surface area contributed by atoms with Crippen LogP contribution in [0.1, 0.15) is 16.7 Å². The summed E-state index contributed by atoms with van der Waals surface area (Å²) in [6, 6.07) is 16.2. The number of aryl methyl sites for hydroxylation is 1. The molecule has 0 saturated heterocycles. The Bertz CT molecular complexity index is 587. The average molecular weight is 223 g/mol. The first kappa shape index (κ1) is 10.1. The Balaban J connectivity index is 2.08. The van der Waals surface area contributed by atoms with Gasteiger partial charge in [0.1, 0.15) is 6.61 Å². The predicted molar refractivity (Wildman–Crippen MR) is 68.6 cm³/mol. The summed E-state index contributed by atoms with van der Waals surface area (Å²) in [5, 5.41) is 0. The van der Waals surface area contributed by atoms with Crippen molar-refractivity contribution in [1.82, 2.24) is 0 Å². The van der Waals surface area contributed by atoms with Crippen molar-refractivity contribution in [3.8, 4) is 0 Å². The van der Waals surface area contributed by atoms with Crippen molar-refractivity contribution in [3.05, 3.63) is 65.2 Å². The number of para-hydroxylation sites is 1. The Hall–Kier alpha value is -2.09. The van der Waals surface area contributed by atoms with Gasteiger partial charge < -0.3 is 4.74 Å². The SMILES string of the molecule is Cc1ccccc1C1=Nc2ccccc2CO1. The molecule has 1 aliphatic rings. The maximum Gasteiger partial charge on any atom is 0.221 e. The first-order chi connectivity index (χ1) is 8.34. The highest BCUT2D eigenvalue weighted by molar-refractivity contribution is 5.98. The standard InChI is InChI=1S/C15H13NO/c1-11-6-2-4-8-13(11)15-16-14-9-5-3-7-12(14)10-17-15/h2-9H,10H2,1H3. The number of benzene rings is 2. The molecule has 0 amide bonds. The van der Waals surface area contributed by atoms with Gasteiger partial charge in [-0.15, -0.1) is 0 Å². The van der Waals surface area contributed by atoms with Crippen LogP contribution in [0.25, 0.3) is 0 Å². The van der Waals surface area contributed by atoms with E-state index in [1.807, 2.05) is 42.5 Å². The zero-order valence-corrected chi connectivity index (χ0v) is 9.68. The largest absolute Gasteiger partial charge is 0.472 e. The molecule has 0 atom stereocenters. The molecule has 0 spiro atoms. The summed E-state index contributed by atoms with van der Waals surface area (Å²) < 4.78 is 5.72. The maximum absolute atomic E-state index is 5.72. The molecule has 0 saturated carbocycles. The van der Waals surface area contributed by atoms with Crippen LogP contribution in [0.5, 0.6) is 0 Å². The average Bonchev–Trinajstić information content (AvgIpc) is 2.39.